The van der Waals surface area contributed by atoms with Gasteiger partial charge in [-0.3, -0.25) is 23.9 Å². The number of halogens is 2. The molecule has 2 heterocycles. The van der Waals surface area contributed by atoms with Gasteiger partial charge in [0.05, 0.1) is 16.5 Å². The first kappa shape index (κ1) is 23.6. The quantitative estimate of drug-likeness (QED) is 0.279. The van der Waals surface area contributed by atoms with Crippen LogP contribution in [0.15, 0.2) is 18.2 Å². The molecule has 0 unspecified atom stereocenters. The summed E-state index contributed by atoms with van der Waals surface area (Å²) in [4.78, 5) is 10.6. The number of nitrogens with one attached hydrogen (secondary N) is 1. The third-order valence-corrected chi connectivity index (χ3v) is 4.56. The Morgan fingerprint density at radius 1 is 1.33 bits per heavy atom. The Labute approximate surface area is 178 Å². The number of anilines is 2. The minimum atomic E-state index is -4.67. The Hall–Kier alpha value is -2.72. The number of hydrogen-bond donors (Lipinski definition) is 3. The van der Waals surface area contributed by atoms with Crippen LogP contribution in [0.25, 0.3) is 0 Å². The molecular weight excluding hydrogens is 467 g/mol. The van der Waals surface area contributed by atoms with Gasteiger partial charge in [-0.25, -0.2) is 4.39 Å². The van der Waals surface area contributed by atoms with Crippen molar-refractivity contribution < 1.29 is 26.8 Å². The van der Waals surface area contributed by atoms with Crippen molar-refractivity contribution in [1.82, 2.24) is 20.0 Å². The molecule has 0 atom stereocenters. The molecule has 0 fully saturated rings. The molecule has 0 saturated heterocycles. The van der Waals surface area contributed by atoms with E-state index in [0.29, 0.717) is 27.2 Å². The summed E-state index contributed by atoms with van der Waals surface area (Å²) in [5.41, 5.74) is 1.39. The van der Waals surface area contributed by atoms with Crippen LogP contribution in [-0.2, 0) is 16.9 Å². The van der Waals surface area contributed by atoms with Crippen LogP contribution in [0.1, 0.15) is 16.4 Å². The fourth-order valence-electron chi connectivity index (χ4n) is 2.30. The number of aryl methyl sites for hydroxylation is 1. The van der Waals surface area contributed by atoms with Crippen molar-refractivity contribution in [3.05, 3.63) is 55.5 Å². The molecular formula is C14H14ClFN6O6S2. The highest BCUT2D eigenvalue weighted by Crippen LogP contribution is 2.26. The van der Waals surface area contributed by atoms with Gasteiger partial charge in [0, 0.05) is 5.69 Å². The van der Waals surface area contributed by atoms with E-state index in [4.69, 9.17) is 29.1 Å². The lowest BCUT2D eigenvalue weighted by molar-refractivity contribution is -0.386. The van der Waals surface area contributed by atoms with E-state index in [1.807, 2.05) is 0 Å². The third-order valence-electron chi connectivity index (χ3n) is 3.45. The summed E-state index contributed by atoms with van der Waals surface area (Å²) in [6, 6.07) is 4.23. The van der Waals surface area contributed by atoms with Crippen molar-refractivity contribution in [3.63, 3.8) is 0 Å². The van der Waals surface area contributed by atoms with Crippen molar-refractivity contribution in [2.75, 3.05) is 5.32 Å². The van der Waals surface area contributed by atoms with Gasteiger partial charge in [0.2, 0.25) is 5.13 Å². The summed E-state index contributed by atoms with van der Waals surface area (Å²) in [5, 5.41) is 27.4. The summed E-state index contributed by atoms with van der Waals surface area (Å²) in [7, 11) is -4.67. The number of benzene rings is 1. The summed E-state index contributed by atoms with van der Waals surface area (Å²) in [6.07, 6.45) is 0. The Morgan fingerprint density at radius 3 is 2.50 bits per heavy atom. The molecule has 12 nitrogen and oxygen atoms in total. The molecule has 3 N–H and O–H groups in total. The molecule has 2 aromatic heterocycles. The molecule has 0 aliphatic heterocycles. The predicted molar refractivity (Wildman–Crippen MR) is 106 cm³/mol. The Morgan fingerprint density at radius 2 is 1.97 bits per heavy atom. The summed E-state index contributed by atoms with van der Waals surface area (Å²) in [6.45, 7) is 3.50. The van der Waals surface area contributed by atoms with Crippen LogP contribution in [0.3, 0.4) is 0 Å². The van der Waals surface area contributed by atoms with Crippen LogP contribution in [0, 0.1) is 29.8 Å². The number of nitro groups is 1. The number of rotatable bonds is 5. The Balaban J connectivity index is 0.000000575. The molecule has 30 heavy (non-hydrogen) atoms. The molecule has 16 heteroatoms. The molecule has 0 aliphatic carbocycles. The largest absolute Gasteiger partial charge is 0.394 e. The van der Waals surface area contributed by atoms with Gasteiger partial charge in [-0.05, 0) is 32.0 Å². The maximum atomic E-state index is 13.2. The van der Waals surface area contributed by atoms with Crippen LogP contribution in [-0.4, -0.2) is 42.4 Å². The zero-order valence-corrected chi connectivity index (χ0v) is 17.7. The monoisotopic (exact) mass is 480 g/mol. The van der Waals surface area contributed by atoms with Crippen LogP contribution in [0.5, 0.6) is 0 Å². The van der Waals surface area contributed by atoms with Gasteiger partial charge >= 0.3 is 16.1 Å². The fraction of sp³-hybridized carbons (Fsp3) is 0.214. The van der Waals surface area contributed by atoms with Crippen LogP contribution in [0.2, 0.25) is 5.02 Å². The topological polar surface area (TPSA) is 173 Å². The van der Waals surface area contributed by atoms with Crippen molar-refractivity contribution in [1.29, 1.82) is 0 Å². The molecule has 162 valence electrons. The van der Waals surface area contributed by atoms with Crippen molar-refractivity contribution in [2.24, 2.45) is 0 Å². The first-order chi connectivity index (χ1) is 13.8. The van der Waals surface area contributed by atoms with Gasteiger partial charge in [0.25, 0.3) is 0 Å². The Kier molecular flexibility index (Phi) is 7.38. The zero-order valence-electron chi connectivity index (χ0n) is 15.3. The van der Waals surface area contributed by atoms with Crippen molar-refractivity contribution in [2.45, 2.75) is 20.4 Å². The van der Waals surface area contributed by atoms with Gasteiger partial charge in [0.1, 0.15) is 22.2 Å². The third kappa shape index (κ3) is 6.67. The summed E-state index contributed by atoms with van der Waals surface area (Å²) in [5.74, 6) is -0.503. The first-order valence-corrected chi connectivity index (χ1v) is 10.4. The lowest BCUT2D eigenvalue weighted by Crippen LogP contribution is -2.04. The van der Waals surface area contributed by atoms with E-state index in [1.165, 1.54) is 34.2 Å². The van der Waals surface area contributed by atoms with E-state index in [9.17, 15) is 14.5 Å². The van der Waals surface area contributed by atoms with Crippen LogP contribution < -0.4 is 5.32 Å². The van der Waals surface area contributed by atoms with E-state index in [2.05, 4.69) is 20.6 Å². The molecule has 0 amide bonds. The minimum absolute atomic E-state index is 0.00354. The standard InChI is InChI=1S/C14H12ClFN6O2S.H2O4S/c1-7-13(22(23)24)8(2)21(20-7)6-12-18-19-14(25-12)17-9-3-4-11(16)10(15)5-9;1-5(2,3)4/h3-5H,6H2,1-2H3,(H,17,19);(H2,1,2,3,4). The SMILES string of the molecule is Cc1nn(Cc2nnc(Nc3ccc(F)c(Cl)c3)s2)c(C)c1[N+](=O)[O-].O=S(=O)(O)O. The van der Waals surface area contributed by atoms with Gasteiger partial charge in [0.15, 0.2) is 0 Å². The lowest BCUT2D eigenvalue weighted by Gasteiger charge is -2.02. The molecule has 0 radical (unpaired) electrons. The molecule has 1 aromatic carbocycles. The highest BCUT2D eigenvalue weighted by Gasteiger charge is 2.22. The second-order valence-corrected chi connectivity index (χ2v) is 8.00. The minimum Gasteiger partial charge on any atom is -0.330 e. The second-order valence-electron chi connectivity index (χ2n) is 5.64. The van der Waals surface area contributed by atoms with Crippen molar-refractivity contribution in [3.8, 4) is 0 Å². The normalized spacial score (nSPS) is 11.0. The molecule has 0 aliphatic rings. The average molecular weight is 481 g/mol. The second kappa shape index (κ2) is 9.40. The summed E-state index contributed by atoms with van der Waals surface area (Å²) >= 11 is 7.00. The lowest BCUT2D eigenvalue weighted by atomic mass is 10.3. The van der Waals surface area contributed by atoms with Crippen LogP contribution in [0.4, 0.5) is 20.9 Å². The Bertz CT molecular complexity index is 1170. The summed E-state index contributed by atoms with van der Waals surface area (Å²) < 4.78 is 46.3. The maximum Gasteiger partial charge on any atom is 0.394 e. The molecule has 0 bridgehead atoms. The first-order valence-electron chi connectivity index (χ1n) is 7.78. The smallest absolute Gasteiger partial charge is 0.330 e. The highest BCUT2D eigenvalue weighted by molar-refractivity contribution is 7.79. The number of hydrogen-bond acceptors (Lipinski definition) is 9. The van der Waals surface area contributed by atoms with Gasteiger partial charge in [-0.2, -0.15) is 13.5 Å². The number of nitrogens with zero attached hydrogens (tertiary/aromatic N) is 5. The van der Waals surface area contributed by atoms with E-state index in [0.717, 1.165) is 0 Å². The predicted octanol–water partition coefficient (Wildman–Crippen LogP) is 3.19. The number of aromatic nitrogens is 4. The highest BCUT2D eigenvalue weighted by atomic mass is 35.5. The van der Waals surface area contributed by atoms with Gasteiger partial charge in [-0.15, -0.1) is 10.2 Å². The maximum absolute atomic E-state index is 13.2. The molecule has 3 aromatic rings. The van der Waals surface area contributed by atoms with Gasteiger partial charge < -0.3 is 5.32 Å². The van der Waals surface area contributed by atoms with E-state index >= 15 is 0 Å². The van der Waals surface area contributed by atoms with Crippen LogP contribution >= 0.6 is 22.9 Å². The van der Waals surface area contributed by atoms with E-state index in [-0.39, 0.29) is 17.3 Å². The zero-order chi connectivity index (χ0) is 22.6. The molecule has 0 saturated carbocycles. The average Bonchev–Trinajstić information content (AvgIpc) is 3.14. The molecule has 3 rings (SSSR count). The van der Waals surface area contributed by atoms with E-state index in [1.54, 1.807) is 13.8 Å². The fourth-order valence-corrected chi connectivity index (χ4v) is 3.22. The van der Waals surface area contributed by atoms with Crippen molar-refractivity contribution >= 4 is 49.8 Å². The van der Waals surface area contributed by atoms with Gasteiger partial charge in [-0.1, -0.05) is 22.9 Å². The molecule has 0 spiro atoms. The van der Waals surface area contributed by atoms with E-state index < -0.39 is 21.1 Å².